The van der Waals surface area contributed by atoms with Gasteiger partial charge >= 0.3 is 5.97 Å². The average Bonchev–Trinajstić information content (AvgIpc) is 3.21. The molecule has 1 heterocycles. The number of aromatic nitrogens is 2. The molecule has 0 bridgehead atoms. The third kappa shape index (κ3) is 5.05. The van der Waals surface area contributed by atoms with Crippen molar-refractivity contribution in [3.8, 4) is 16.8 Å². The molecule has 4 rings (SSSR count). The zero-order chi connectivity index (χ0) is 23.4. The van der Waals surface area contributed by atoms with Crippen LogP contribution in [0.5, 0.6) is 0 Å². The molecule has 0 aliphatic rings. The summed E-state index contributed by atoms with van der Waals surface area (Å²) in [6.07, 6.45) is -0.319. The van der Waals surface area contributed by atoms with Crippen LogP contribution >= 0.6 is 11.6 Å². The van der Waals surface area contributed by atoms with Crippen LogP contribution in [0.15, 0.2) is 89.7 Å². The van der Waals surface area contributed by atoms with Crippen molar-refractivity contribution < 1.29 is 14.7 Å². The van der Waals surface area contributed by atoms with E-state index < -0.39 is 23.5 Å². The largest absolute Gasteiger partial charge is 0.481 e. The highest BCUT2D eigenvalue weighted by Crippen LogP contribution is 2.29. The monoisotopic (exact) mass is 461 g/mol. The van der Waals surface area contributed by atoms with E-state index in [0.29, 0.717) is 16.3 Å². The van der Waals surface area contributed by atoms with Crippen molar-refractivity contribution in [1.29, 1.82) is 0 Å². The van der Waals surface area contributed by atoms with Gasteiger partial charge in [0.25, 0.3) is 11.5 Å². The highest BCUT2D eigenvalue weighted by molar-refractivity contribution is 6.33. The number of hydrogen-bond donors (Lipinski definition) is 3. The molecule has 166 valence electrons. The number of carboxylic acid groups (broad SMARTS) is 1. The van der Waals surface area contributed by atoms with Crippen molar-refractivity contribution in [2.45, 2.75) is 12.5 Å². The smallest absolute Gasteiger partial charge is 0.305 e. The number of carbonyl (C=O) groups is 2. The number of H-pyrrole nitrogens is 1. The van der Waals surface area contributed by atoms with E-state index in [1.165, 1.54) is 10.7 Å². The summed E-state index contributed by atoms with van der Waals surface area (Å²) in [4.78, 5) is 36.6. The Morgan fingerprint density at radius 3 is 2.30 bits per heavy atom. The molecule has 3 aromatic carbocycles. The van der Waals surface area contributed by atoms with Crippen molar-refractivity contribution in [2.75, 3.05) is 0 Å². The molecule has 3 N–H and O–H groups in total. The second-order valence-electron chi connectivity index (χ2n) is 7.40. The molecule has 4 aromatic rings. The lowest BCUT2D eigenvalue weighted by molar-refractivity contribution is -0.137. The number of amides is 1. The number of nitrogens with one attached hydrogen (secondary N) is 2. The Kier molecular flexibility index (Phi) is 6.42. The average molecular weight is 462 g/mol. The van der Waals surface area contributed by atoms with E-state index in [4.69, 9.17) is 11.6 Å². The van der Waals surface area contributed by atoms with Crippen molar-refractivity contribution in [3.05, 3.63) is 112 Å². The van der Waals surface area contributed by atoms with Crippen LogP contribution in [0.25, 0.3) is 16.8 Å². The van der Waals surface area contributed by atoms with Crippen LogP contribution < -0.4 is 10.9 Å². The van der Waals surface area contributed by atoms with Gasteiger partial charge in [0, 0.05) is 16.7 Å². The Bertz CT molecular complexity index is 1340. The van der Waals surface area contributed by atoms with Gasteiger partial charge in [0.2, 0.25) is 0 Å². The lowest BCUT2D eigenvalue weighted by atomic mass is 9.99. The number of rotatable bonds is 7. The molecule has 33 heavy (non-hydrogen) atoms. The van der Waals surface area contributed by atoms with E-state index in [2.05, 4.69) is 10.4 Å². The number of halogens is 1. The molecule has 0 aliphatic carbocycles. The fourth-order valence-electron chi connectivity index (χ4n) is 3.53. The Morgan fingerprint density at radius 1 is 0.970 bits per heavy atom. The van der Waals surface area contributed by atoms with Gasteiger partial charge in [0.1, 0.15) is 5.69 Å². The summed E-state index contributed by atoms with van der Waals surface area (Å²) in [6.45, 7) is 0. The first kappa shape index (κ1) is 22.1. The van der Waals surface area contributed by atoms with Gasteiger partial charge in [-0.15, -0.1) is 0 Å². The van der Waals surface area contributed by atoms with E-state index in [1.54, 1.807) is 42.5 Å². The first-order valence-electron chi connectivity index (χ1n) is 10.2. The Labute approximate surface area is 194 Å². The number of carboxylic acids is 1. The van der Waals surface area contributed by atoms with Crippen LogP contribution in [-0.2, 0) is 4.79 Å². The fraction of sp³-hybridized carbons (Fsp3) is 0.0800. The molecule has 0 aliphatic heterocycles. The van der Waals surface area contributed by atoms with Crippen molar-refractivity contribution in [2.24, 2.45) is 0 Å². The van der Waals surface area contributed by atoms with E-state index in [9.17, 15) is 19.5 Å². The summed E-state index contributed by atoms with van der Waals surface area (Å²) in [5.74, 6) is -1.64. The molecule has 1 amide bonds. The third-order valence-electron chi connectivity index (χ3n) is 5.16. The van der Waals surface area contributed by atoms with Crippen LogP contribution in [0.4, 0.5) is 0 Å². The van der Waals surface area contributed by atoms with Gasteiger partial charge in [-0.2, -0.15) is 0 Å². The number of aromatic amines is 1. The predicted octanol–water partition coefficient (Wildman–Crippen LogP) is 4.43. The molecule has 1 atom stereocenters. The molecule has 1 unspecified atom stereocenters. The summed E-state index contributed by atoms with van der Waals surface area (Å²) in [7, 11) is 0. The zero-order valence-electron chi connectivity index (χ0n) is 17.4. The molecule has 0 radical (unpaired) electrons. The fourth-order valence-corrected chi connectivity index (χ4v) is 3.78. The standard InChI is InChI=1S/C25H20ClN3O4/c26-20-9-5-4-8-19(20)16-10-12-17(13-11-16)21(15-24(31)32)27-25(33)22-14-23(30)29(28-22)18-6-2-1-3-7-18/h1-14,21,28H,15H2,(H,27,33)(H,31,32). The lowest BCUT2D eigenvalue weighted by Gasteiger charge is -2.17. The summed E-state index contributed by atoms with van der Waals surface area (Å²) < 4.78 is 1.25. The number of benzene rings is 3. The van der Waals surface area contributed by atoms with Crippen LogP contribution in [0.3, 0.4) is 0 Å². The van der Waals surface area contributed by atoms with Crippen LogP contribution in [0.2, 0.25) is 5.02 Å². The molecular formula is C25H20ClN3O4. The quantitative estimate of drug-likeness (QED) is 0.378. The minimum absolute atomic E-state index is 0.0342. The van der Waals surface area contributed by atoms with Crippen molar-refractivity contribution in [1.82, 2.24) is 15.1 Å². The third-order valence-corrected chi connectivity index (χ3v) is 5.49. The van der Waals surface area contributed by atoms with Gasteiger partial charge in [0.05, 0.1) is 18.2 Å². The highest BCUT2D eigenvalue weighted by atomic mass is 35.5. The van der Waals surface area contributed by atoms with Crippen LogP contribution in [-0.4, -0.2) is 26.8 Å². The maximum Gasteiger partial charge on any atom is 0.305 e. The number of hydrogen-bond acceptors (Lipinski definition) is 3. The second kappa shape index (κ2) is 9.58. The summed E-state index contributed by atoms with van der Waals surface area (Å²) in [6, 6.07) is 23.8. The maximum absolute atomic E-state index is 12.8. The second-order valence-corrected chi connectivity index (χ2v) is 7.81. The molecule has 7 nitrogen and oxygen atoms in total. The molecule has 0 fully saturated rings. The molecule has 0 saturated carbocycles. The van der Waals surface area contributed by atoms with Crippen molar-refractivity contribution in [3.63, 3.8) is 0 Å². The zero-order valence-corrected chi connectivity index (χ0v) is 18.1. The molecule has 8 heteroatoms. The Morgan fingerprint density at radius 2 is 1.64 bits per heavy atom. The minimum Gasteiger partial charge on any atom is -0.481 e. The Balaban J connectivity index is 1.57. The molecule has 0 saturated heterocycles. The molecule has 0 spiro atoms. The van der Waals surface area contributed by atoms with Gasteiger partial charge in [0.15, 0.2) is 0 Å². The van der Waals surface area contributed by atoms with Gasteiger partial charge in [-0.1, -0.05) is 72.3 Å². The van der Waals surface area contributed by atoms with Crippen LogP contribution in [0.1, 0.15) is 28.5 Å². The Hall–Kier alpha value is -4.10. The molecular weight excluding hydrogens is 442 g/mol. The summed E-state index contributed by atoms with van der Waals surface area (Å²) in [5, 5.41) is 15.5. The number of nitrogens with zero attached hydrogens (tertiary/aromatic N) is 1. The van der Waals surface area contributed by atoms with Crippen LogP contribution in [0, 0.1) is 0 Å². The summed E-state index contributed by atoms with van der Waals surface area (Å²) in [5.41, 5.74) is 2.56. The molecule has 1 aromatic heterocycles. The number of carbonyl (C=O) groups excluding carboxylic acids is 1. The topological polar surface area (TPSA) is 104 Å². The van der Waals surface area contributed by atoms with E-state index in [-0.39, 0.29) is 12.1 Å². The predicted molar refractivity (Wildman–Crippen MR) is 126 cm³/mol. The number of para-hydroxylation sites is 1. The van der Waals surface area contributed by atoms with Gasteiger partial charge < -0.3 is 10.4 Å². The maximum atomic E-state index is 12.8. The van der Waals surface area contributed by atoms with Crippen molar-refractivity contribution >= 4 is 23.5 Å². The lowest BCUT2D eigenvalue weighted by Crippen LogP contribution is -2.30. The normalized spacial score (nSPS) is 11.7. The SMILES string of the molecule is O=C(O)CC(NC(=O)c1cc(=O)n(-c2ccccc2)[nH]1)c1ccc(-c2ccccc2Cl)cc1. The first-order chi connectivity index (χ1) is 15.9. The van der Waals surface area contributed by atoms with Gasteiger partial charge in [-0.3, -0.25) is 19.5 Å². The summed E-state index contributed by atoms with van der Waals surface area (Å²) >= 11 is 6.26. The highest BCUT2D eigenvalue weighted by Gasteiger charge is 2.21. The van der Waals surface area contributed by atoms with E-state index >= 15 is 0 Å². The van der Waals surface area contributed by atoms with Gasteiger partial charge in [-0.05, 0) is 29.3 Å². The minimum atomic E-state index is -1.06. The van der Waals surface area contributed by atoms with E-state index in [1.807, 2.05) is 36.4 Å². The van der Waals surface area contributed by atoms with E-state index in [0.717, 1.165) is 11.1 Å². The van der Waals surface area contributed by atoms with Gasteiger partial charge in [-0.25, -0.2) is 4.68 Å². The number of aliphatic carboxylic acids is 1. The first-order valence-corrected chi connectivity index (χ1v) is 10.5.